The zero-order valence-corrected chi connectivity index (χ0v) is 50.7. The molecular weight excluding hydrogens is 1190 g/mol. The summed E-state index contributed by atoms with van der Waals surface area (Å²) in [7, 11) is 9.29. The molecule has 26 nitrogen and oxygen atoms in total. The number of aliphatic hydroxyl groups is 2. The second-order valence-electron chi connectivity index (χ2n) is 21.6. The van der Waals surface area contributed by atoms with Gasteiger partial charge in [-0.3, -0.25) is 28.8 Å². The lowest BCUT2D eigenvalue weighted by atomic mass is 9.89. The summed E-state index contributed by atoms with van der Waals surface area (Å²) in [5, 5.41) is 40.8. The number of methoxy groups -OCH3 is 7. The van der Waals surface area contributed by atoms with E-state index in [4.69, 9.17) is 53.1 Å². The minimum atomic E-state index is -1.98. The van der Waals surface area contributed by atoms with E-state index in [1.54, 1.807) is 6.92 Å². The lowest BCUT2D eigenvalue weighted by Gasteiger charge is -2.32. The number of ether oxygens (including phenoxy) is 10. The van der Waals surface area contributed by atoms with E-state index in [0.29, 0.717) is 5.56 Å². The summed E-state index contributed by atoms with van der Waals surface area (Å²) in [6.07, 6.45) is -3.74. The van der Waals surface area contributed by atoms with Crippen LogP contribution in [0.15, 0.2) is 121 Å². The molecule has 10 N–H and O–H groups in total. The number of nitrogens with one attached hydrogen (secondary N) is 6. The van der Waals surface area contributed by atoms with Gasteiger partial charge in [0.15, 0.2) is 29.0 Å². The van der Waals surface area contributed by atoms with Crippen LogP contribution in [0.25, 0.3) is 11.1 Å². The predicted octanol–water partition coefficient (Wildman–Crippen LogP) is 5.38. The Hall–Kier alpha value is -11.1. The maximum absolute atomic E-state index is 16.1. The van der Waals surface area contributed by atoms with Crippen LogP contribution in [-0.4, -0.2) is 113 Å². The number of aliphatic hydroxyl groups excluding tert-OH is 2. The molecule has 6 heterocycles. The van der Waals surface area contributed by atoms with Gasteiger partial charge in [-0.2, -0.15) is 0 Å². The highest BCUT2D eigenvalue weighted by Gasteiger charge is 2.42. The number of hydrogen-bond acceptors (Lipinski definition) is 20. The lowest BCUT2D eigenvalue weighted by Crippen LogP contribution is -2.55. The fourth-order valence-corrected chi connectivity index (χ4v) is 11.4. The van der Waals surface area contributed by atoms with E-state index in [9.17, 15) is 19.8 Å². The molecule has 9 atom stereocenters. The number of carbonyl (C=O) groups is 7. The Kier molecular flexibility index (Phi) is 17.5. The van der Waals surface area contributed by atoms with Crippen LogP contribution >= 0.6 is 0 Å². The van der Waals surface area contributed by atoms with E-state index in [2.05, 4.69) is 31.9 Å². The molecule has 92 heavy (non-hydrogen) atoms. The highest BCUT2D eigenvalue weighted by atomic mass is 16.5. The molecule has 26 heteroatoms. The molecule has 2 unspecified atom stereocenters. The molecule has 0 fully saturated rings. The molecule has 7 aromatic rings. The van der Waals surface area contributed by atoms with E-state index < -0.39 is 95.9 Å². The molecular formula is C66H63N7O19. The first-order valence-electron chi connectivity index (χ1n) is 28.6. The Bertz CT molecular complexity index is 4110. The van der Waals surface area contributed by atoms with E-state index in [1.165, 1.54) is 164 Å². The SMILES string of the molecule is COC(=O)C1NC(=O)[C@H]2NC(=O)[C@H](NC(=O)[C@@H]3NC(=O)C4NC(=O)[C@H](NC(=O)[C@@H](N)c5ccc(OC)c(c5)Oc5cc4cc(OC)c5C)[C@H](O)c4ccc(cc4)Oc4cc3cc(c4OC)Oc3ccc(cc3)[C@H]2O)c2ccc(OC)c(c2)-c2c(OC)cc(OC)cc21. The average Bonchev–Trinajstić information content (AvgIpc) is 0.782. The number of fused-ring (bicyclic) bond motifs is 14. The van der Waals surface area contributed by atoms with Gasteiger partial charge in [-0.15, -0.1) is 0 Å². The molecule has 0 radical (unpaired) electrons. The molecule has 0 saturated carbocycles. The van der Waals surface area contributed by atoms with Gasteiger partial charge >= 0.3 is 5.97 Å². The molecule has 13 rings (SSSR count). The van der Waals surface area contributed by atoms with Crippen molar-refractivity contribution < 1.29 is 91.1 Å². The van der Waals surface area contributed by atoms with Crippen LogP contribution in [0.1, 0.15) is 86.9 Å². The van der Waals surface area contributed by atoms with Crippen molar-refractivity contribution in [2.75, 3.05) is 49.8 Å². The molecule has 7 aromatic carbocycles. The molecule has 0 aromatic heterocycles. The summed E-state index contributed by atoms with van der Waals surface area (Å²) >= 11 is 0. The quantitative estimate of drug-likeness (QED) is 0.0904. The number of amides is 6. The van der Waals surface area contributed by atoms with Crippen molar-refractivity contribution in [3.05, 3.63) is 166 Å². The normalized spacial score (nSPS) is 21.8. The fraction of sp³-hybridized carbons (Fsp3) is 0.258. The van der Waals surface area contributed by atoms with Crippen LogP contribution in [0.2, 0.25) is 0 Å². The van der Waals surface area contributed by atoms with Crippen LogP contribution in [0.5, 0.6) is 69.0 Å². The molecule has 6 amide bonds. The number of hydrogen-bond donors (Lipinski definition) is 9. The predicted molar refractivity (Wildman–Crippen MR) is 325 cm³/mol. The van der Waals surface area contributed by atoms with E-state index in [1.807, 2.05) is 0 Å². The summed E-state index contributed by atoms with van der Waals surface area (Å²) in [5.74, 6) is -6.67. The smallest absolute Gasteiger partial charge is 0.333 e. The van der Waals surface area contributed by atoms with Gasteiger partial charge in [-0.05, 0) is 119 Å². The molecule has 476 valence electrons. The van der Waals surface area contributed by atoms with Crippen molar-refractivity contribution in [2.24, 2.45) is 5.73 Å². The molecule has 6 aliphatic heterocycles. The van der Waals surface area contributed by atoms with Gasteiger partial charge in [-0.1, -0.05) is 36.4 Å². The third kappa shape index (κ3) is 11.9. The Morgan fingerprint density at radius 3 is 1.47 bits per heavy atom. The highest BCUT2D eigenvalue weighted by molar-refractivity contribution is 6.00. The van der Waals surface area contributed by atoms with Gasteiger partial charge in [0.05, 0.1) is 49.8 Å². The monoisotopic (exact) mass is 1260 g/mol. The Labute approximate surface area is 525 Å². The fourth-order valence-electron chi connectivity index (χ4n) is 11.4. The first kappa shape index (κ1) is 62.5. The van der Waals surface area contributed by atoms with Gasteiger partial charge in [0.1, 0.15) is 88.7 Å². The van der Waals surface area contributed by atoms with Gasteiger partial charge in [0.2, 0.25) is 41.2 Å². The van der Waals surface area contributed by atoms with Crippen LogP contribution in [-0.2, 0) is 38.3 Å². The zero-order chi connectivity index (χ0) is 65.4. The van der Waals surface area contributed by atoms with Gasteiger partial charge in [0, 0.05) is 28.3 Å². The Morgan fingerprint density at radius 1 is 0.435 bits per heavy atom. The van der Waals surface area contributed by atoms with Crippen molar-refractivity contribution in [2.45, 2.75) is 61.4 Å². The molecule has 6 aliphatic rings. The second kappa shape index (κ2) is 25.8. The van der Waals surface area contributed by atoms with Crippen LogP contribution in [0, 0.1) is 6.92 Å². The maximum atomic E-state index is 16.1. The summed E-state index contributed by atoms with van der Waals surface area (Å²) in [6.45, 7) is 1.66. The summed E-state index contributed by atoms with van der Waals surface area (Å²) < 4.78 is 59.8. The van der Waals surface area contributed by atoms with Crippen molar-refractivity contribution in [1.82, 2.24) is 31.9 Å². The second-order valence-corrected chi connectivity index (χ2v) is 21.6. The first-order chi connectivity index (χ1) is 44.3. The minimum absolute atomic E-state index is 0.00152. The summed E-state index contributed by atoms with van der Waals surface area (Å²) in [4.78, 5) is 106. The van der Waals surface area contributed by atoms with Gasteiger partial charge in [-0.25, -0.2) is 4.79 Å². The first-order valence-corrected chi connectivity index (χ1v) is 28.6. The highest BCUT2D eigenvalue weighted by Crippen LogP contribution is 2.48. The molecule has 0 spiro atoms. The van der Waals surface area contributed by atoms with Crippen molar-refractivity contribution in [3.63, 3.8) is 0 Å². The third-order valence-electron chi connectivity index (χ3n) is 16.3. The summed E-state index contributed by atoms with van der Waals surface area (Å²) in [6, 6.07) is 16.2. The molecule has 0 saturated heterocycles. The third-order valence-corrected chi connectivity index (χ3v) is 16.3. The number of esters is 1. The number of nitrogens with two attached hydrogens (primary N) is 1. The van der Waals surface area contributed by atoms with Crippen LogP contribution in [0.3, 0.4) is 0 Å². The van der Waals surface area contributed by atoms with Gasteiger partial charge < -0.3 is 95.2 Å². The van der Waals surface area contributed by atoms with Crippen molar-refractivity contribution in [3.8, 4) is 80.1 Å². The topological polar surface area (TPSA) is 350 Å². The standard InChI is InChI=1S/C66H63N7O19/c1-29-43(86-5)23-34-24-44(29)92-45-22-32(13-20-42(45)85-4)50(67)60(76)72-55-57(74)30-9-15-36(16-10-30)90-47-25-35-26-48(59(47)88-7)91-37-17-11-31(12-18-37)58(75)56-65(81)71-54(66(82)89-8)40-27-38(83-2)28-46(87-6)49(40)39-21-33(14-19-41(39)84-3)51(61(77)73-56)68-62(78)53(35)69-63(79)52(34)70-64(55)80/h9-28,50-58,74-75H,67H2,1-8H3,(H,68,78)(H,69,79)(H,70,80)(H,71,81)(H,72,76)(H,73,77)/t50-,51+,52?,53+,54?,55+,56-,57+,58+/m0/s1. The zero-order valence-electron chi connectivity index (χ0n) is 50.7. The Balaban J connectivity index is 1.16. The Morgan fingerprint density at radius 2 is 0.913 bits per heavy atom. The maximum Gasteiger partial charge on any atom is 0.333 e. The van der Waals surface area contributed by atoms with Crippen LogP contribution in [0.4, 0.5) is 0 Å². The summed E-state index contributed by atoms with van der Waals surface area (Å²) in [5.41, 5.74) is 7.62. The minimum Gasteiger partial charge on any atom is -0.497 e. The van der Waals surface area contributed by atoms with E-state index in [0.717, 1.165) is 7.11 Å². The van der Waals surface area contributed by atoms with Crippen molar-refractivity contribution >= 4 is 41.4 Å². The van der Waals surface area contributed by atoms with Gasteiger partial charge in [0.25, 0.3) is 0 Å². The number of rotatable bonds is 7. The van der Waals surface area contributed by atoms with Crippen LogP contribution < -0.4 is 80.3 Å². The van der Waals surface area contributed by atoms with Crippen molar-refractivity contribution in [1.29, 1.82) is 0 Å². The average molecular weight is 1260 g/mol. The number of carbonyl (C=O) groups excluding carboxylic acids is 7. The lowest BCUT2D eigenvalue weighted by molar-refractivity contribution is -0.146. The molecule has 17 bridgehead atoms. The molecule has 0 aliphatic carbocycles. The number of benzene rings is 7. The van der Waals surface area contributed by atoms with E-state index in [-0.39, 0.29) is 119 Å². The largest absolute Gasteiger partial charge is 0.497 e. The van der Waals surface area contributed by atoms with E-state index >= 15 is 24.0 Å².